The van der Waals surface area contributed by atoms with E-state index in [-0.39, 0.29) is 11.4 Å². The van der Waals surface area contributed by atoms with Gasteiger partial charge in [-0.2, -0.15) is 0 Å². The number of nitrogens with one attached hydrogen (secondary N) is 2. The zero-order valence-electron chi connectivity index (χ0n) is 19.7. The number of pyridine rings is 3. The summed E-state index contributed by atoms with van der Waals surface area (Å²) in [6.45, 7) is 5.82. The number of anilines is 4. The monoisotopic (exact) mass is 489 g/mol. The number of aromatic nitrogens is 3. The third-order valence-electron chi connectivity index (χ3n) is 5.90. The van der Waals surface area contributed by atoms with Gasteiger partial charge in [-0.05, 0) is 36.4 Å². The minimum atomic E-state index is -0.429. The average molecular weight is 490 g/mol. The summed E-state index contributed by atoms with van der Waals surface area (Å²) in [6.07, 6.45) is 3.21. The fourth-order valence-electron chi connectivity index (χ4n) is 3.96. The summed E-state index contributed by atoms with van der Waals surface area (Å²) in [6, 6.07) is 12.0. The minimum absolute atomic E-state index is 0.126. The van der Waals surface area contributed by atoms with Crippen LogP contribution in [0.4, 0.5) is 23.0 Å². The molecule has 0 saturated carbocycles. The van der Waals surface area contributed by atoms with E-state index in [4.69, 9.17) is 9.47 Å². The molecule has 0 bridgehead atoms. The first-order valence-electron chi connectivity index (χ1n) is 11.8. The van der Waals surface area contributed by atoms with Crippen molar-refractivity contribution in [2.45, 2.75) is 0 Å². The lowest BCUT2D eigenvalue weighted by atomic mass is 10.2. The number of carbonyl (C=O) groups is 2. The molecule has 5 rings (SSSR count). The Kier molecular flexibility index (Phi) is 7.29. The maximum absolute atomic E-state index is 12.7. The maximum Gasteiger partial charge on any atom is 0.274 e. The van der Waals surface area contributed by atoms with Crippen LogP contribution in [-0.4, -0.2) is 79.4 Å². The summed E-state index contributed by atoms with van der Waals surface area (Å²) in [7, 11) is 0. The van der Waals surface area contributed by atoms with Crippen LogP contribution in [0.1, 0.15) is 21.0 Å². The minimum Gasteiger partial charge on any atom is -0.378 e. The highest BCUT2D eigenvalue weighted by Crippen LogP contribution is 2.18. The van der Waals surface area contributed by atoms with Crippen molar-refractivity contribution in [3.8, 4) is 0 Å². The van der Waals surface area contributed by atoms with E-state index < -0.39 is 11.8 Å². The molecule has 3 aromatic rings. The zero-order valence-corrected chi connectivity index (χ0v) is 19.7. The zero-order chi connectivity index (χ0) is 24.7. The largest absolute Gasteiger partial charge is 0.378 e. The van der Waals surface area contributed by atoms with E-state index in [1.165, 1.54) is 0 Å². The predicted molar refractivity (Wildman–Crippen MR) is 135 cm³/mol. The van der Waals surface area contributed by atoms with Gasteiger partial charge in [-0.1, -0.05) is 6.07 Å². The van der Waals surface area contributed by atoms with Gasteiger partial charge >= 0.3 is 0 Å². The van der Waals surface area contributed by atoms with Gasteiger partial charge in [0.2, 0.25) is 0 Å². The molecule has 0 atom stereocenters. The summed E-state index contributed by atoms with van der Waals surface area (Å²) in [5.74, 6) is 0.810. The molecular weight excluding hydrogens is 462 g/mol. The van der Waals surface area contributed by atoms with Crippen LogP contribution in [0, 0.1) is 0 Å². The van der Waals surface area contributed by atoms with Crippen molar-refractivity contribution in [3.63, 3.8) is 0 Å². The van der Waals surface area contributed by atoms with E-state index in [2.05, 4.69) is 35.4 Å². The molecule has 2 saturated heterocycles. The number of hydrogen-bond acceptors (Lipinski definition) is 9. The van der Waals surface area contributed by atoms with Crippen LogP contribution in [0.2, 0.25) is 0 Å². The van der Waals surface area contributed by atoms with Crippen LogP contribution >= 0.6 is 0 Å². The van der Waals surface area contributed by atoms with E-state index >= 15 is 0 Å². The molecule has 2 fully saturated rings. The van der Waals surface area contributed by atoms with E-state index in [0.717, 1.165) is 37.8 Å². The molecule has 36 heavy (non-hydrogen) atoms. The van der Waals surface area contributed by atoms with Crippen molar-refractivity contribution < 1.29 is 19.1 Å². The predicted octanol–water partition coefficient (Wildman–Crippen LogP) is 2.05. The SMILES string of the molecule is O=C(Nc1ccc(N2CCOCC2)nc1)c1cccc(C(=O)Nc2ccc(N3CCOCC3)nc2)n1. The number of nitrogens with zero attached hydrogens (tertiary/aromatic N) is 5. The second kappa shape index (κ2) is 11.1. The van der Waals surface area contributed by atoms with Crippen LogP contribution in [0.5, 0.6) is 0 Å². The number of hydrogen-bond donors (Lipinski definition) is 2. The maximum atomic E-state index is 12.7. The Bertz CT molecular complexity index is 1100. The Morgan fingerprint density at radius 1 is 0.667 bits per heavy atom. The Labute approximate surface area is 208 Å². The second-order valence-corrected chi connectivity index (χ2v) is 8.33. The lowest BCUT2D eigenvalue weighted by Gasteiger charge is -2.27. The van der Waals surface area contributed by atoms with Crippen LogP contribution < -0.4 is 20.4 Å². The van der Waals surface area contributed by atoms with Crippen molar-refractivity contribution in [2.24, 2.45) is 0 Å². The van der Waals surface area contributed by atoms with Crippen LogP contribution in [0.15, 0.2) is 54.9 Å². The van der Waals surface area contributed by atoms with Crippen molar-refractivity contribution in [3.05, 3.63) is 66.2 Å². The topological polar surface area (TPSA) is 122 Å². The highest BCUT2D eigenvalue weighted by atomic mass is 16.5. The highest BCUT2D eigenvalue weighted by Gasteiger charge is 2.16. The van der Waals surface area contributed by atoms with Gasteiger partial charge in [-0.3, -0.25) is 9.59 Å². The van der Waals surface area contributed by atoms with Crippen molar-refractivity contribution in [2.75, 3.05) is 73.0 Å². The van der Waals surface area contributed by atoms with Crippen molar-refractivity contribution in [1.82, 2.24) is 15.0 Å². The third kappa shape index (κ3) is 5.75. The van der Waals surface area contributed by atoms with Crippen LogP contribution in [0.3, 0.4) is 0 Å². The smallest absolute Gasteiger partial charge is 0.274 e. The molecule has 3 aromatic heterocycles. The Hall–Kier alpha value is -4.09. The molecule has 2 amide bonds. The van der Waals surface area contributed by atoms with Gasteiger partial charge in [0.05, 0.1) is 50.2 Å². The van der Waals surface area contributed by atoms with Gasteiger partial charge < -0.3 is 29.9 Å². The molecule has 0 spiro atoms. The first-order valence-corrected chi connectivity index (χ1v) is 11.8. The summed E-state index contributed by atoms with van der Waals surface area (Å²) < 4.78 is 10.7. The summed E-state index contributed by atoms with van der Waals surface area (Å²) in [5.41, 5.74) is 1.33. The van der Waals surface area contributed by atoms with E-state index in [1.54, 1.807) is 42.7 Å². The molecule has 5 heterocycles. The molecule has 0 unspecified atom stereocenters. The molecule has 2 aliphatic heterocycles. The van der Waals surface area contributed by atoms with Crippen molar-refractivity contribution >= 4 is 34.8 Å². The van der Waals surface area contributed by atoms with Gasteiger partial charge in [0.1, 0.15) is 23.0 Å². The fraction of sp³-hybridized carbons (Fsp3) is 0.320. The van der Waals surface area contributed by atoms with Gasteiger partial charge in [0.25, 0.3) is 11.8 Å². The van der Waals surface area contributed by atoms with E-state index in [0.29, 0.717) is 37.8 Å². The number of carbonyl (C=O) groups excluding carboxylic acids is 2. The van der Waals surface area contributed by atoms with Crippen LogP contribution in [0.25, 0.3) is 0 Å². The summed E-state index contributed by atoms with van der Waals surface area (Å²) in [4.78, 5) is 42.8. The van der Waals surface area contributed by atoms with Gasteiger partial charge in [-0.15, -0.1) is 0 Å². The lowest BCUT2D eigenvalue weighted by Crippen LogP contribution is -2.36. The number of rotatable bonds is 6. The van der Waals surface area contributed by atoms with Gasteiger partial charge in [0, 0.05) is 26.2 Å². The lowest BCUT2D eigenvalue weighted by molar-refractivity contribution is 0.101. The molecule has 11 heteroatoms. The molecule has 11 nitrogen and oxygen atoms in total. The highest BCUT2D eigenvalue weighted by molar-refractivity contribution is 6.06. The van der Waals surface area contributed by atoms with E-state index in [1.807, 2.05) is 12.1 Å². The Balaban J connectivity index is 1.19. The van der Waals surface area contributed by atoms with Gasteiger partial charge in [0.15, 0.2) is 0 Å². The van der Waals surface area contributed by atoms with Gasteiger partial charge in [-0.25, -0.2) is 15.0 Å². The Morgan fingerprint density at radius 2 is 1.11 bits per heavy atom. The molecular formula is C25H27N7O4. The molecule has 0 radical (unpaired) electrons. The quantitative estimate of drug-likeness (QED) is 0.536. The number of ether oxygens (including phenoxy) is 2. The number of morpholine rings is 2. The number of amides is 2. The van der Waals surface area contributed by atoms with Crippen molar-refractivity contribution in [1.29, 1.82) is 0 Å². The van der Waals surface area contributed by atoms with E-state index in [9.17, 15) is 9.59 Å². The summed E-state index contributed by atoms with van der Waals surface area (Å²) >= 11 is 0. The first kappa shape index (κ1) is 23.6. The second-order valence-electron chi connectivity index (χ2n) is 8.33. The average Bonchev–Trinajstić information content (AvgIpc) is 2.95. The molecule has 2 N–H and O–H groups in total. The molecule has 186 valence electrons. The Morgan fingerprint density at radius 3 is 1.50 bits per heavy atom. The fourth-order valence-corrected chi connectivity index (χ4v) is 3.96. The normalized spacial score (nSPS) is 15.9. The van der Waals surface area contributed by atoms with Crippen LogP contribution in [-0.2, 0) is 9.47 Å². The first-order chi connectivity index (χ1) is 17.7. The summed E-state index contributed by atoms with van der Waals surface area (Å²) in [5, 5.41) is 5.56. The third-order valence-corrected chi connectivity index (χ3v) is 5.90. The molecule has 0 aromatic carbocycles. The standard InChI is InChI=1S/C25H27N7O4/c33-24(28-18-4-6-22(26-16-18)31-8-12-35-13-9-31)20-2-1-3-21(30-20)25(34)29-19-5-7-23(27-17-19)32-10-14-36-15-11-32/h1-7,16-17H,8-15H2,(H,28,33)(H,29,34). The molecule has 0 aliphatic carbocycles. The molecule has 2 aliphatic rings.